The number of phenolic OH excluding ortho intramolecular Hbond substituents is 1. The van der Waals surface area contributed by atoms with Gasteiger partial charge in [-0.2, -0.15) is 0 Å². The van der Waals surface area contributed by atoms with E-state index in [-0.39, 0.29) is 17.7 Å². The highest BCUT2D eigenvalue weighted by atomic mass is 16.5. The summed E-state index contributed by atoms with van der Waals surface area (Å²) in [5.41, 5.74) is -0.0518. The third-order valence-electron chi connectivity index (χ3n) is 2.37. The van der Waals surface area contributed by atoms with Crippen LogP contribution in [0.25, 0.3) is 0 Å². The van der Waals surface area contributed by atoms with Gasteiger partial charge in [0, 0.05) is 12.5 Å². The van der Waals surface area contributed by atoms with Crippen LogP contribution in [0.1, 0.15) is 16.8 Å². The molecule has 0 aliphatic heterocycles. The lowest BCUT2D eigenvalue weighted by Gasteiger charge is -2.12. The Hall–Kier alpha value is -2.68. The number of amides is 1. The topological polar surface area (TPSA) is 95.9 Å². The summed E-state index contributed by atoms with van der Waals surface area (Å²) in [5, 5.41) is 20.7. The minimum atomic E-state index is -1.24. The lowest BCUT2D eigenvalue weighted by molar-refractivity contribution is -0.139. The van der Waals surface area contributed by atoms with Crippen molar-refractivity contribution >= 4 is 11.9 Å². The van der Waals surface area contributed by atoms with Gasteiger partial charge in [0.1, 0.15) is 17.5 Å². The number of hydrogen-bond acceptors (Lipinski definition) is 4. The summed E-state index contributed by atoms with van der Waals surface area (Å²) < 4.78 is 4.88. The van der Waals surface area contributed by atoms with E-state index in [2.05, 4.69) is 11.2 Å². The second-order valence-corrected chi connectivity index (χ2v) is 3.66. The zero-order valence-corrected chi connectivity index (χ0v) is 10.2. The molecule has 0 heterocycles. The Balaban J connectivity index is 2.89. The average Bonchev–Trinajstić information content (AvgIpc) is 2.37. The number of carboxylic acid groups (broad SMARTS) is 1. The van der Waals surface area contributed by atoms with Crippen molar-refractivity contribution in [2.24, 2.45) is 0 Å². The standard InChI is InChI=1S/C13H13NO5/c1-3-4-10(13(17)18)14-12(16)9-6-5-8(19-2)7-11(9)15/h1,5-7,10,15H,4H2,2H3,(H,14,16)(H,17,18). The summed E-state index contributed by atoms with van der Waals surface area (Å²) in [6, 6.07) is 2.87. The Morgan fingerprint density at radius 1 is 1.53 bits per heavy atom. The van der Waals surface area contributed by atoms with E-state index in [0.29, 0.717) is 5.75 Å². The molecule has 1 atom stereocenters. The summed E-state index contributed by atoms with van der Waals surface area (Å²) in [5.74, 6) is 0.282. The lowest BCUT2D eigenvalue weighted by Crippen LogP contribution is -2.40. The fourth-order valence-electron chi connectivity index (χ4n) is 1.38. The van der Waals surface area contributed by atoms with Gasteiger partial charge in [-0.05, 0) is 12.1 Å². The Labute approximate surface area is 110 Å². The molecule has 0 bridgehead atoms. The van der Waals surface area contributed by atoms with Gasteiger partial charge < -0.3 is 20.3 Å². The van der Waals surface area contributed by atoms with E-state index >= 15 is 0 Å². The number of carboxylic acids is 1. The molecule has 0 radical (unpaired) electrons. The minimum Gasteiger partial charge on any atom is -0.507 e. The molecule has 0 saturated carbocycles. The van der Waals surface area contributed by atoms with Crippen LogP contribution in [0, 0.1) is 12.3 Å². The van der Waals surface area contributed by atoms with Crippen LogP contribution in [0.2, 0.25) is 0 Å². The van der Waals surface area contributed by atoms with Crippen LogP contribution >= 0.6 is 0 Å². The average molecular weight is 263 g/mol. The molecule has 1 aromatic carbocycles. The monoisotopic (exact) mass is 263 g/mol. The summed E-state index contributed by atoms with van der Waals surface area (Å²) in [4.78, 5) is 22.7. The number of ether oxygens (including phenoxy) is 1. The number of hydrogen-bond donors (Lipinski definition) is 3. The van der Waals surface area contributed by atoms with Crippen LogP contribution in [0.4, 0.5) is 0 Å². The van der Waals surface area contributed by atoms with E-state index in [1.54, 1.807) is 0 Å². The van der Waals surface area contributed by atoms with E-state index in [0.717, 1.165) is 0 Å². The van der Waals surface area contributed by atoms with E-state index in [4.69, 9.17) is 16.3 Å². The smallest absolute Gasteiger partial charge is 0.327 e. The third-order valence-corrected chi connectivity index (χ3v) is 2.37. The first-order valence-corrected chi connectivity index (χ1v) is 5.33. The number of carbonyl (C=O) groups excluding carboxylic acids is 1. The molecule has 0 aromatic heterocycles. The molecule has 1 amide bonds. The normalized spacial score (nSPS) is 11.2. The molecule has 6 nitrogen and oxygen atoms in total. The second-order valence-electron chi connectivity index (χ2n) is 3.66. The maximum absolute atomic E-state index is 11.8. The molecule has 6 heteroatoms. The Morgan fingerprint density at radius 3 is 2.68 bits per heavy atom. The first-order chi connectivity index (χ1) is 8.99. The van der Waals surface area contributed by atoms with Crippen LogP contribution in [-0.2, 0) is 4.79 Å². The highest BCUT2D eigenvalue weighted by molar-refractivity contribution is 5.99. The molecule has 1 unspecified atom stereocenters. The number of carbonyl (C=O) groups is 2. The third kappa shape index (κ3) is 3.64. The Kier molecular flexibility index (Phi) is 4.77. The van der Waals surface area contributed by atoms with Gasteiger partial charge in [0.05, 0.1) is 12.7 Å². The fraction of sp³-hybridized carbons (Fsp3) is 0.231. The summed E-state index contributed by atoms with van der Waals surface area (Å²) in [6.45, 7) is 0. The van der Waals surface area contributed by atoms with E-state index in [9.17, 15) is 14.7 Å². The first kappa shape index (κ1) is 14.4. The van der Waals surface area contributed by atoms with Crippen LogP contribution in [0.15, 0.2) is 18.2 Å². The van der Waals surface area contributed by atoms with Gasteiger partial charge in [-0.1, -0.05) is 0 Å². The summed E-state index contributed by atoms with van der Waals surface area (Å²) in [6.07, 6.45) is 4.88. The first-order valence-electron chi connectivity index (χ1n) is 5.33. The molecule has 0 aliphatic rings. The molecule has 0 saturated heterocycles. The maximum Gasteiger partial charge on any atom is 0.327 e. The lowest BCUT2D eigenvalue weighted by atomic mass is 10.1. The predicted molar refractivity (Wildman–Crippen MR) is 67.0 cm³/mol. The minimum absolute atomic E-state index is 0.0518. The summed E-state index contributed by atoms with van der Waals surface area (Å²) in [7, 11) is 1.42. The number of terminal acetylenes is 1. The van der Waals surface area contributed by atoms with Gasteiger partial charge in [-0.3, -0.25) is 4.79 Å². The zero-order valence-electron chi connectivity index (χ0n) is 10.2. The molecule has 100 valence electrons. The van der Waals surface area contributed by atoms with Gasteiger partial charge >= 0.3 is 5.97 Å². The number of aliphatic carboxylic acids is 1. The Bertz CT molecular complexity index is 532. The molecule has 0 spiro atoms. The van der Waals surface area contributed by atoms with Crippen molar-refractivity contribution < 1.29 is 24.5 Å². The van der Waals surface area contributed by atoms with Crippen molar-refractivity contribution in [1.82, 2.24) is 5.32 Å². The molecular formula is C13H13NO5. The number of benzene rings is 1. The highest BCUT2D eigenvalue weighted by Crippen LogP contribution is 2.23. The van der Waals surface area contributed by atoms with Crippen molar-refractivity contribution in [3.8, 4) is 23.8 Å². The maximum atomic E-state index is 11.8. The molecule has 3 N–H and O–H groups in total. The SMILES string of the molecule is C#CCC(NC(=O)c1ccc(OC)cc1O)C(=O)O. The van der Waals surface area contributed by atoms with Gasteiger partial charge in [-0.15, -0.1) is 12.3 Å². The largest absolute Gasteiger partial charge is 0.507 e. The van der Waals surface area contributed by atoms with Crippen molar-refractivity contribution in [3.63, 3.8) is 0 Å². The van der Waals surface area contributed by atoms with E-state index in [1.807, 2.05) is 0 Å². The van der Waals surface area contributed by atoms with Crippen LogP contribution in [0.5, 0.6) is 11.5 Å². The number of methoxy groups -OCH3 is 1. The molecule has 0 fully saturated rings. The second kappa shape index (κ2) is 6.31. The number of phenols is 1. The number of aromatic hydroxyl groups is 1. The van der Waals surface area contributed by atoms with Gasteiger partial charge in [-0.25, -0.2) is 4.79 Å². The number of nitrogens with one attached hydrogen (secondary N) is 1. The Morgan fingerprint density at radius 2 is 2.21 bits per heavy atom. The van der Waals surface area contributed by atoms with Gasteiger partial charge in [0.25, 0.3) is 5.91 Å². The summed E-state index contributed by atoms with van der Waals surface area (Å²) >= 11 is 0. The number of rotatable bonds is 5. The van der Waals surface area contributed by atoms with Crippen molar-refractivity contribution in [3.05, 3.63) is 23.8 Å². The molecule has 0 aliphatic carbocycles. The fourth-order valence-corrected chi connectivity index (χ4v) is 1.38. The highest BCUT2D eigenvalue weighted by Gasteiger charge is 2.21. The molecular weight excluding hydrogens is 250 g/mol. The van der Waals surface area contributed by atoms with Crippen molar-refractivity contribution in [2.75, 3.05) is 7.11 Å². The van der Waals surface area contributed by atoms with E-state index < -0.39 is 17.9 Å². The molecule has 1 aromatic rings. The van der Waals surface area contributed by atoms with E-state index in [1.165, 1.54) is 25.3 Å². The zero-order chi connectivity index (χ0) is 14.4. The van der Waals surface area contributed by atoms with Gasteiger partial charge in [0.15, 0.2) is 0 Å². The molecule has 19 heavy (non-hydrogen) atoms. The van der Waals surface area contributed by atoms with Crippen LogP contribution in [0.3, 0.4) is 0 Å². The van der Waals surface area contributed by atoms with Crippen molar-refractivity contribution in [2.45, 2.75) is 12.5 Å². The van der Waals surface area contributed by atoms with Crippen LogP contribution in [-0.4, -0.2) is 35.2 Å². The predicted octanol–water partition coefficient (Wildman–Crippen LogP) is 0.607. The van der Waals surface area contributed by atoms with Crippen LogP contribution < -0.4 is 10.1 Å². The molecule has 1 rings (SSSR count). The van der Waals surface area contributed by atoms with Crippen molar-refractivity contribution in [1.29, 1.82) is 0 Å². The van der Waals surface area contributed by atoms with Gasteiger partial charge in [0.2, 0.25) is 0 Å². The quantitative estimate of drug-likeness (QED) is 0.676.